The highest BCUT2D eigenvalue weighted by atomic mass is 16.3. The molecular weight excluding hydrogens is 222 g/mol. The average molecular weight is 243 g/mol. The highest BCUT2D eigenvalue weighted by molar-refractivity contribution is 5.51. The van der Waals surface area contributed by atoms with Crippen molar-refractivity contribution in [2.45, 2.75) is 32.4 Å². The van der Waals surface area contributed by atoms with Gasteiger partial charge in [0.2, 0.25) is 0 Å². The Morgan fingerprint density at radius 1 is 1.28 bits per heavy atom. The maximum absolute atomic E-state index is 9.35. The van der Waals surface area contributed by atoms with Crippen molar-refractivity contribution in [3.63, 3.8) is 0 Å². The third kappa shape index (κ3) is 2.05. The summed E-state index contributed by atoms with van der Waals surface area (Å²) in [5.41, 5.74) is 2.07. The van der Waals surface area contributed by atoms with E-state index < -0.39 is 0 Å². The molecular formula is C16H21NO. The Balaban J connectivity index is 1.71. The van der Waals surface area contributed by atoms with Crippen LogP contribution < -0.4 is 5.32 Å². The Morgan fingerprint density at radius 2 is 2.11 bits per heavy atom. The molecule has 3 rings (SSSR count). The molecule has 2 aliphatic carbocycles. The quantitative estimate of drug-likeness (QED) is 0.796. The average Bonchev–Trinajstić information content (AvgIpc) is 3.01. The highest BCUT2D eigenvalue weighted by Gasteiger charge is 2.38. The summed E-state index contributed by atoms with van der Waals surface area (Å²) in [5, 5.41) is 12.9. The molecule has 0 spiro atoms. The van der Waals surface area contributed by atoms with Gasteiger partial charge in [0.1, 0.15) is 0 Å². The third-order valence-electron chi connectivity index (χ3n) is 4.54. The van der Waals surface area contributed by atoms with Gasteiger partial charge in [-0.25, -0.2) is 0 Å². The van der Waals surface area contributed by atoms with Crippen LogP contribution in [-0.2, 0) is 6.61 Å². The van der Waals surface area contributed by atoms with Crippen LogP contribution in [0.3, 0.4) is 0 Å². The van der Waals surface area contributed by atoms with Crippen LogP contribution in [0, 0.1) is 17.8 Å². The fourth-order valence-corrected chi connectivity index (χ4v) is 3.55. The number of anilines is 1. The summed E-state index contributed by atoms with van der Waals surface area (Å²) < 4.78 is 0. The van der Waals surface area contributed by atoms with Crippen LogP contribution in [0.2, 0.25) is 0 Å². The van der Waals surface area contributed by atoms with Gasteiger partial charge < -0.3 is 10.4 Å². The number of nitrogens with one attached hydrogen (secondary N) is 1. The number of allylic oxidation sites excluding steroid dienone is 2. The van der Waals surface area contributed by atoms with Crippen LogP contribution in [0.5, 0.6) is 0 Å². The van der Waals surface area contributed by atoms with E-state index in [1.807, 2.05) is 18.2 Å². The predicted molar refractivity (Wildman–Crippen MR) is 74.3 cm³/mol. The predicted octanol–water partition coefficient (Wildman–Crippen LogP) is 3.19. The first-order valence-electron chi connectivity index (χ1n) is 6.91. The molecule has 4 atom stereocenters. The smallest absolute Gasteiger partial charge is 0.0701 e. The molecule has 4 unspecified atom stereocenters. The zero-order chi connectivity index (χ0) is 12.5. The van der Waals surface area contributed by atoms with E-state index in [2.05, 4.69) is 30.5 Å². The zero-order valence-corrected chi connectivity index (χ0v) is 10.8. The van der Waals surface area contributed by atoms with E-state index in [1.165, 1.54) is 12.8 Å². The molecule has 2 N–H and O–H groups in total. The van der Waals surface area contributed by atoms with Crippen molar-refractivity contribution < 1.29 is 5.11 Å². The first kappa shape index (κ1) is 11.8. The van der Waals surface area contributed by atoms with Crippen LogP contribution in [0.1, 0.15) is 25.3 Å². The standard InChI is InChI=1S/C16H21NO/c1-11(15-9-12-6-7-13(15)8-12)17-16-5-3-2-4-14(16)10-18/h2-7,11-13,15,17-18H,8-10H2,1H3. The number of benzene rings is 1. The van der Waals surface area contributed by atoms with Gasteiger partial charge in [-0.1, -0.05) is 30.4 Å². The van der Waals surface area contributed by atoms with Gasteiger partial charge in [-0.15, -0.1) is 0 Å². The molecule has 0 radical (unpaired) electrons. The summed E-state index contributed by atoms with van der Waals surface area (Å²) >= 11 is 0. The number of para-hydroxylation sites is 1. The van der Waals surface area contributed by atoms with E-state index in [0.717, 1.165) is 29.0 Å². The van der Waals surface area contributed by atoms with Crippen molar-refractivity contribution in [1.82, 2.24) is 0 Å². The molecule has 0 saturated heterocycles. The first-order valence-corrected chi connectivity index (χ1v) is 6.91. The molecule has 0 heterocycles. The van der Waals surface area contributed by atoms with Gasteiger partial charge >= 0.3 is 0 Å². The Bertz CT molecular complexity index is 454. The van der Waals surface area contributed by atoms with Gasteiger partial charge in [-0.3, -0.25) is 0 Å². The second-order valence-electron chi connectivity index (χ2n) is 5.69. The molecule has 2 heteroatoms. The summed E-state index contributed by atoms with van der Waals surface area (Å²) in [4.78, 5) is 0. The van der Waals surface area contributed by atoms with Crippen molar-refractivity contribution in [2.24, 2.45) is 17.8 Å². The minimum absolute atomic E-state index is 0.104. The molecule has 2 aliphatic rings. The molecule has 1 aromatic carbocycles. The van der Waals surface area contributed by atoms with Crippen molar-refractivity contribution in [1.29, 1.82) is 0 Å². The molecule has 2 bridgehead atoms. The van der Waals surface area contributed by atoms with E-state index in [-0.39, 0.29) is 6.61 Å². The van der Waals surface area contributed by atoms with Gasteiger partial charge in [-0.05, 0) is 43.6 Å². The molecule has 0 aliphatic heterocycles. The summed E-state index contributed by atoms with van der Waals surface area (Å²) in [6.45, 7) is 2.37. The van der Waals surface area contributed by atoms with Gasteiger partial charge in [0.15, 0.2) is 0 Å². The number of rotatable bonds is 4. The van der Waals surface area contributed by atoms with Crippen LogP contribution in [0.15, 0.2) is 36.4 Å². The number of fused-ring (bicyclic) bond motifs is 2. The van der Waals surface area contributed by atoms with E-state index in [4.69, 9.17) is 0 Å². The molecule has 1 fully saturated rings. The van der Waals surface area contributed by atoms with Crippen molar-refractivity contribution in [3.05, 3.63) is 42.0 Å². The monoisotopic (exact) mass is 243 g/mol. The lowest BCUT2D eigenvalue weighted by atomic mass is 9.87. The number of aliphatic hydroxyl groups is 1. The topological polar surface area (TPSA) is 32.3 Å². The maximum atomic E-state index is 9.35. The van der Waals surface area contributed by atoms with Crippen LogP contribution >= 0.6 is 0 Å². The van der Waals surface area contributed by atoms with Crippen LogP contribution in [0.25, 0.3) is 0 Å². The minimum Gasteiger partial charge on any atom is -0.392 e. The molecule has 0 aromatic heterocycles. The van der Waals surface area contributed by atoms with E-state index >= 15 is 0 Å². The number of aliphatic hydroxyl groups excluding tert-OH is 1. The summed E-state index contributed by atoms with van der Waals surface area (Å²) in [5.74, 6) is 2.32. The SMILES string of the molecule is CC(Nc1ccccc1CO)C1CC2C=CC1C2. The molecule has 0 amide bonds. The Kier molecular flexibility index (Phi) is 3.13. The van der Waals surface area contributed by atoms with Crippen molar-refractivity contribution in [2.75, 3.05) is 5.32 Å². The second-order valence-corrected chi connectivity index (χ2v) is 5.69. The number of hydrogen-bond donors (Lipinski definition) is 2. The Hall–Kier alpha value is -1.28. The van der Waals surface area contributed by atoms with Crippen molar-refractivity contribution >= 4 is 5.69 Å². The van der Waals surface area contributed by atoms with Crippen molar-refractivity contribution in [3.8, 4) is 0 Å². The van der Waals surface area contributed by atoms with E-state index in [9.17, 15) is 5.11 Å². The van der Waals surface area contributed by atoms with Gasteiger partial charge in [0.05, 0.1) is 6.61 Å². The molecule has 1 aromatic rings. The fourth-order valence-electron chi connectivity index (χ4n) is 3.55. The van der Waals surface area contributed by atoms with Gasteiger partial charge in [0, 0.05) is 17.3 Å². The molecule has 1 saturated carbocycles. The summed E-state index contributed by atoms with van der Waals surface area (Å²) in [6, 6.07) is 8.51. The van der Waals surface area contributed by atoms with Crippen LogP contribution in [0.4, 0.5) is 5.69 Å². The number of hydrogen-bond acceptors (Lipinski definition) is 2. The lowest BCUT2D eigenvalue weighted by Gasteiger charge is -2.27. The maximum Gasteiger partial charge on any atom is 0.0701 e. The second kappa shape index (κ2) is 4.77. The fraction of sp³-hybridized carbons (Fsp3) is 0.500. The van der Waals surface area contributed by atoms with Gasteiger partial charge in [-0.2, -0.15) is 0 Å². The molecule has 18 heavy (non-hydrogen) atoms. The summed E-state index contributed by atoms with van der Waals surface area (Å²) in [6.07, 6.45) is 7.44. The molecule has 96 valence electrons. The Labute approximate surface area is 109 Å². The van der Waals surface area contributed by atoms with Crippen LogP contribution in [-0.4, -0.2) is 11.1 Å². The first-order chi connectivity index (χ1) is 8.78. The highest BCUT2D eigenvalue weighted by Crippen LogP contribution is 2.45. The zero-order valence-electron chi connectivity index (χ0n) is 10.8. The largest absolute Gasteiger partial charge is 0.392 e. The molecule has 2 nitrogen and oxygen atoms in total. The normalized spacial score (nSPS) is 30.7. The van der Waals surface area contributed by atoms with E-state index in [1.54, 1.807) is 0 Å². The lowest BCUT2D eigenvalue weighted by Crippen LogP contribution is -2.29. The lowest BCUT2D eigenvalue weighted by molar-refractivity contribution is 0.282. The summed E-state index contributed by atoms with van der Waals surface area (Å²) in [7, 11) is 0. The van der Waals surface area contributed by atoms with E-state index in [0.29, 0.717) is 6.04 Å². The minimum atomic E-state index is 0.104. The van der Waals surface area contributed by atoms with Gasteiger partial charge in [0.25, 0.3) is 0 Å². The third-order valence-corrected chi connectivity index (χ3v) is 4.54. The Morgan fingerprint density at radius 3 is 2.78 bits per heavy atom.